The minimum atomic E-state index is -1.30. The third-order valence-electron chi connectivity index (χ3n) is 4.32. The van der Waals surface area contributed by atoms with Gasteiger partial charge in [-0.3, -0.25) is 4.79 Å². The van der Waals surface area contributed by atoms with Crippen LogP contribution >= 0.6 is 0 Å². The molecule has 0 aliphatic carbocycles. The van der Waals surface area contributed by atoms with Gasteiger partial charge < -0.3 is 28.6 Å². The van der Waals surface area contributed by atoms with E-state index in [0.29, 0.717) is 41.7 Å². The molecule has 2 aromatic carbocycles. The number of rotatable bonds is 9. The molecule has 0 aliphatic rings. The first-order valence-corrected chi connectivity index (χ1v) is 9.44. The molecule has 0 aliphatic heterocycles. The highest BCUT2D eigenvalue weighted by molar-refractivity contribution is 5.93. The Bertz CT molecular complexity index is 1100. The molecule has 0 bridgehead atoms. The Labute approximate surface area is 173 Å². The summed E-state index contributed by atoms with van der Waals surface area (Å²) in [7, 11) is 1.50. The molecular formula is C22H23NO7. The maximum Gasteiger partial charge on any atom is 0.341 e. The molecule has 0 atom stereocenters. The number of ether oxygens (including phenoxy) is 4. The first kappa shape index (κ1) is 21.2. The zero-order chi connectivity index (χ0) is 21.7. The summed E-state index contributed by atoms with van der Waals surface area (Å²) in [5.41, 5.74) is 0.154. The summed E-state index contributed by atoms with van der Waals surface area (Å²) in [5.74, 6) is 0.302. The first-order valence-electron chi connectivity index (χ1n) is 9.44. The summed E-state index contributed by atoms with van der Waals surface area (Å²) in [6.07, 6.45) is 1.30. The fourth-order valence-electron chi connectivity index (χ4n) is 3.08. The second-order valence-corrected chi connectivity index (χ2v) is 6.31. The number of hydrogen-bond donors (Lipinski definition) is 1. The fraction of sp³-hybridized carbons (Fsp3) is 0.273. The van der Waals surface area contributed by atoms with E-state index in [1.165, 1.54) is 13.3 Å². The summed E-state index contributed by atoms with van der Waals surface area (Å²) in [6.45, 7) is 4.68. The third-order valence-corrected chi connectivity index (χ3v) is 4.32. The van der Waals surface area contributed by atoms with Crippen molar-refractivity contribution in [1.29, 1.82) is 0 Å². The molecule has 0 saturated heterocycles. The number of aromatic nitrogens is 1. The Morgan fingerprint density at radius 2 is 1.63 bits per heavy atom. The molecule has 0 fully saturated rings. The molecule has 3 aromatic rings. The Balaban J connectivity index is 2.30. The number of benzene rings is 2. The zero-order valence-corrected chi connectivity index (χ0v) is 17.0. The highest BCUT2D eigenvalue weighted by Gasteiger charge is 2.17. The van der Waals surface area contributed by atoms with Crippen LogP contribution in [0.2, 0.25) is 0 Å². The van der Waals surface area contributed by atoms with Gasteiger partial charge in [-0.2, -0.15) is 0 Å². The predicted octanol–water partition coefficient (Wildman–Crippen LogP) is 3.47. The molecule has 8 heteroatoms. The molecule has 158 valence electrons. The van der Waals surface area contributed by atoms with Crippen LogP contribution < -0.4 is 19.6 Å². The van der Waals surface area contributed by atoms with Crippen molar-refractivity contribution in [3.8, 4) is 22.9 Å². The lowest BCUT2D eigenvalue weighted by atomic mass is 10.1. The summed E-state index contributed by atoms with van der Waals surface area (Å²) in [5, 5.41) is 9.79. The summed E-state index contributed by atoms with van der Waals surface area (Å²) in [6, 6.07) is 10.1. The van der Waals surface area contributed by atoms with Crippen molar-refractivity contribution < 1.29 is 28.8 Å². The molecule has 0 unspecified atom stereocenters. The number of fused-ring (bicyclic) bond motifs is 1. The van der Waals surface area contributed by atoms with Gasteiger partial charge >= 0.3 is 5.97 Å². The van der Waals surface area contributed by atoms with Crippen LogP contribution in [0.5, 0.6) is 17.2 Å². The second-order valence-electron chi connectivity index (χ2n) is 6.31. The molecule has 1 heterocycles. The number of hydrogen-bond acceptors (Lipinski definition) is 6. The monoisotopic (exact) mass is 413 g/mol. The molecule has 8 nitrogen and oxygen atoms in total. The summed E-state index contributed by atoms with van der Waals surface area (Å²) in [4.78, 5) is 24.4. The highest BCUT2D eigenvalue weighted by atomic mass is 16.7. The maximum absolute atomic E-state index is 12.7. The summed E-state index contributed by atoms with van der Waals surface area (Å²) < 4.78 is 23.3. The van der Waals surface area contributed by atoms with Crippen molar-refractivity contribution >= 4 is 16.9 Å². The van der Waals surface area contributed by atoms with Gasteiger partial charge in [0.1, 0.15) is 22.8 Å². The number of aromatic carboxylic acids is 1. The van der Waals surface area contributed by atoms with Crippen molar-refractivity contribution in [2.75, 3.05) is 27.1 Å². The average Bonchev–Trinajstić information content (AvgIpc) is 2.72. The third kappa shape index (κ3) is 4.38. The van der Waals surface area contributed by atoms with Crippen molar-refractivity contribution in [2.24, 2.45) is 0 Å². The second kappa shape index (κ2) is 9.32. The molecule has 1 aromatic heterocycles. The van der Waals surface area contributed by atoms with Crippen molar-refractivity contribution in [1.82, 2.24) is 4.57 Å². The molecule has 1 N–H and O–H groups in total. The first-order chi connectivity index (χ1) is 14.5. The van der Waals surface area contributed by atoms with Gasteiger partial charge in [0.05, 0.1) is 24.4 Å². The van der Waals surface area contributed by atoms with E-state index in [-0.39, 0.29) is 17.7 Å². The van der Waals surface area contributed by atoms with E-state index in [1.807, 2.05) is 13.8 Å². The molecule has 0 saturated carbocycles. The van der Waals surface area contributed by atoms with Crippen LogP contribution in [0.25, 0.3) is 16.6 Å². The molecule has 30 heavy (non-hydrogen) atoms. The van der Waals surface area contributed by atoms with Gasteiger partial charge in [0, 0.05) is 43.0 Å². The topological polar surface area (TPSA) is 96.2 Å². The van der Waals surface area contributed by atoms with Crippen LogP contribution in [0.3, 0.4) is 0 Å². The smallest absolute Gasteiger partial charge is 0.341 e. The van der Waals surface area contributed by atoms with Gasteiger partial charge in [0.2, 0.25) is 5.43 Å². The van der Waals surface area contributed by atoms with Gasteiger partial charge in [-0.15, -0.1) is 0 Å². The average molecular weight is 413 g/mol. The molecule has 0 spiro atoms. The standard InChI is InChI=1S/C22H23NO7/c1-4-28-16-8-14(9-17(10-16)29-5-2)23-12-19(22(25)26)21(24)18-7-6-15(11-20(18)23)30-13-27-3/h6-12H,4-5,13H2,1-3H3,(H,25,26). The Morgan fingerprint density at radius 1 is 0.967 bits per heavy atom. The molecule has 0 amide bonds. The van der Waals surface area contributed by atoms with E-state index in [2.05, 4.69) is 0 Å². The zero-order valence-electron chi connectivity index (χ0n) is 17.0. The van der Waals surface area contributed by atoms with Crippen LogP contribution in [-0.4, -0.2) is 42.8 Å². The van der Waals surface area contributed by atoms with E-state index in [0.717, 1.165) is 0 Å². The van der Waals surface area contributed by atoms with Gasteiger partial charge in [-0.05, 0) is 26.0 Å². The Kier molecular flexibility index (Phi) is 6.58. The number of carbonyl (C=O) groups is 1. The largest absolute Gasteiger partial charge is 0.494 e. The van der Waals surface area contributed by atoms with Crippen LogP contribution in [0.15, 0.2) is 47.4 Å². The van der Waals surface area contributed by atoms with Crippen molar-refractivity contribution in [2.45, 2.75) is 13.8 Å². The van der Waals surface area contributed by atoms with E-state index < -0.39 is 11.4 Å². The predicted molar refractivity (Wildman–Crippen MR) is 111 cm³/mol. The highest BCUT2D eigenvalue weighted by Crippen LogP contribution is 2.29. The number of pyridine rings is 1. The molecule has 0 radical (unpaired) electrons. The SMILES string of the molecule is CCOc1cc(OCC)cc(-n2cc(C(=O)O)c(=O)c3ccc(OCOC)cc32)c1. The van der Waals surface area contributed by atoms with Crippen molar-refractivity contribution in [3.63, 3.8) is 0 Å². The lowest BCUT2D eigenvalue weighted by molar-refractivity contribution is 0.0512. The van der Waals surface area contributed by atoms with Gasteiger partial charge in [-0.25, -0.2) is 4.79 Å². The van der Waals surface area contributed by atoms with Crippen molar-refractivity contribution in [3.05, 3.63) is 58.4 Å². The Hall–Kier alpha value is -3.52. The lowest BCUT2D eigenvalue weighted by Crippen LogP contribution is -2.18. The summed E-state index contributed by atoms with van der Waals surface area (Å²) >= 11 is 0. The van der Waals surface area contributed by atoms with Gasteiger partial charge in [-0.1, -0.05) is 0 Å². The minimum Gasteiger partial charge on any atom is -0.494 e. The van der Waals surface area contributed by atoms with Crippen LogP contribution in [-0.2, 0) is 4.74 Å². The Morgan fingerprint density at radius 3 is 2.20 bits per heavy atom. The number of carboxylic acids is 1. The quantitative estimate of drug-likeness (QED) is 0.537. The van der Waals surface area contributed by atoms with E-state index in [9.17, 15) is 14.7 Å². The molecular weight excluding hydrogens is 390 g/mol. The van der Waals surface area contributed by atoms with E-state index in [4.69, 9.17) is 18.9 Å². The van der Waals surface area contributed by atoms with Gasteiger partial charge in [0.25, 0.3) is 0 Å². The van der Waals surface area contributed by atoms with Crippen LogP contribution in [0.1, 0.15) is 24.2 Å². The number of carboxylic acid groups (broad SMARTS) is 1. The maximum atomic E-state index is 12.7. The fourth-order valence-corrected chi connectivity index (χ4v) is 3.08. The number of methoxy groups -OCH3 is 1. The van der Waals surface area contributed by atoms with E-state index in [1.54, 1.807) is 41.0 Å². The normalized spacial score (nSPS) is 10.8. The van der Waals surface area contributed by atoms with Crippen LogP contribution in [0, 0.1) is 0 Å². The number of nitrogens with zero attached hydrogens (tertiary/aromatic N) is 1. The lowest BCUT2D eigenvalue weighted by Gasteiger charge is -2.16. The molecule has 3 rings (SSSR count). The minimum absolute atomic E-state index is 0.0389. The van der Waals surface area contributed by atoms with E-state index >= 15 is 0 Å². The van der Waals surface area contributed by atoms with Crippen LogP contribution in [0.4, 0.5) is 0 Å². The van der Waals surface area contributed by atoms with Gasteiger partial charge in [0.15, 0.2) is 6.79 Å².